The van der Waals surface area contributed by atoms with E-state index in [4.69, 9.17) is 25.5 Å². The second-order valence-corrected chi connectivity index (χ2v) is 3.15. The first-order chi connectivity index (χ1) is 6.62. The van der Waals surface area contributed by atoms with Crippen LogP contribution in [0.5, 0.6) is 0 Å². The molecule has 18 heavy (non-hydrogen) atoms. The third-order valence-corrected chi connectivity index (χ3v) is 1.61. The van der Waals surface area contributed by atoms with E-state index in [1.807, 2.05) is 6.92 Å². The fourth-order valence-electron chi connectivity index (χ4n) is 0.552. The molecule has 2 radical (unpaired) electrons. The molecule has 0 saturated carbocycles. The SMILES string of the molecule is C.C.CC(CO)CCO.OCCC(O)CO.[Y].[Y]. The molecule has 0 fully saturated rings. The zero-order valence-electron chi connectivity index (χ0n) is 9.79. The summed E-state index contributed by atoms with van der Waals surface area (Å²) in [5.74, 6) is 0.255. The molecule has 110 valence electrons. The molecule has 0 aliphatic heterocycles. The van der Waals surface area contributed by atoms with Crippen molar-refractivity contribution in [1.29, 1.82) is 0 Å². The number of aliphatic hydroxyl groups is 5. The van der Waals surface area contributed by atoms with Crippen LogP contribution in [-0.4, -0.2) is 58.1 Å². The van der Waals surface area contributed by atoms with Gasteiger partial charge >= 0.3 is 0 Å². The van der Waals surface area contributed by atoms with E-state index in [0.29, 0.717) is 6.42 Å². The first-order valence-electron chi connectivity index (χ1n) is 4.73. The van der Waals surface area contributed by atoms with Crippen LogP contribution in [0.1, 0.15) is 34.6 Å². The number of hydrogen-bond donors (Lipinski definition) is 5. The minimum Gasteiger partial charge on any atom is -0.396 e. The first-order valence-corrected chi connectivity index (χ1v) is 4.73. The predicted molar refractivity (Wildman–Crippen MR) is 66.2 cm³/mol. The van der Waals surface area contributed by atoms with E-state index in [1.54, 1.807) is 0 Å². The average Bonchev–Trinajstić information content (AvgIpc) is 2.19. The van der Waals surface area contributed by atoms with E-state index in [2.05, 4.69) is 0 Å². The van der Waals surface area contributed by atoms with Gasteiger partial charge in [0.2, 0.25) is 0 Å². The second-order valence-electron chi connectivity index (χ2n) is 3.15. The molecule has 5 nitrogen and oxygen atoms in total. The van der Waals surface area contributed by atoms with Crippen LogP contribution in [0.15, 0.2) is 0 Å². The Balaban J connectivity index is -0.0000000327. The van der Waals surface area contributed by atoms with Crippen molar-refractivity contribution in [2.24, 2.45) is 5.92 Å². The minimum atomic E-state index is -0.745. The van der Waals surface area contributed by atoms with Gasteiger partial charge in [0.1, 0.15) is 0 Å². The molecule has 0 aliphatic carbocycles. The third-order valence-electron chi connectivity index (χ3n) is 1.61. The van der Waals surface area contributed by atoms with Gasteiger partial charge in [0.05, 0.1) is 12.7 Å². The molecule has 2 unspecified atom stereocenters. The van der Waals surface area contributed by atoms with Crippen LogP contribution in [0.25, 0.3) is 0 Å². The van der Waals surface area contributed by atoms with E-state index in [0.717, 1.165) is 0 Å². The van der Waals surface area contributed by atoms with Gasteiger partial charge in [-0.15, -0.1) is 0 Å². The Morgan fingerprint density at radius 1 is 0.778 bits per heavy atom. The predicted octanol–water partition coefficient (Wildman–Crippen LogP) is -0.0136. The maximum absolute atomic E-state index is 8.45. The van der Waals surface area contributed by atoms with Crippen LogP contribution in [0.4, 0.5) is 0 Å². The zero-order chi connectivity index (χ0) is 11.4. The van der Waals surface area contributed by atoms with E-state index in [-0.39, 0.29) is 119 Å². The summed E-state index contributed by atoms with van der Waals surface area (Å²) in [7, 11) is 0. The van der Waals surface area contributed by atoms with Gasteiger partial charge in [0.15, 0.2) is 0 Å². The first kappa shape index (κ1) is 36.8. The maximum Gasteiger partial charge on any atom is 0.0792 e. The number of rotatable bonds is 6. The molecule has 0 spiro atoms. The summed E-state index contributed by atoms with van der Waals surface area (Å²) in [6, 6.07) is 0. The zero-order valence-corrected chi connectivity index (χ0v) is 15.5. The Hall–Kier alpha value is 2.01. The number of aliphatic hydroxyl groups excluding tert-OH is 5. The van der Waals surface area contributed by atoms with Gasteiger partial charge in [-0.1, -0.05) is 21.8 Å². The summed E-state index contributed by atoms with van der Waals surface area (Å²) in [5.41, 5.74) is 0. The molecule has 5 N–H and O–H groups in total. The third kappa shape index (κ3) is 36.1. The van der Waals surface area contributed by atoms with Gasteiger partial charge in [0, 0.05) is 85.2 Å². The summed E-state index contributed by atoms with van der Waals surface area (Å²) in [6.45, 7) is 1.93. The monoisotopic (exact) mass is 420 g/mol. The molecular weight excluding hydrogens is 390 g/mol. The van der Waals surface area contributed by atoms with Crippen LogP contribution in [0.2, 0.25) is 0 Å². The molecule has 0 saturated heterocycles. The van der Waals surface area contributed by atoms with Crippen LogP contribution >= 0.6 is 0 Å². The molecular formula is C11H30O5Y2. The van der Waals surface area contributed by atoms with Crippen LogP contribution in [0, 0.1) is 5.92 Å². The summed E-state index contributed by atoms with van der Waals surface area (Å²) in [6.07, 6.45) is 0.220. The van der Waals surface area contributed by atoms with Crippen molar-refractivity contribution in [2.75, 3.05) is 26.4 Å². The van der Waals surface area contributed by atoms with Crippen LogP contribution in [0.3, 0.4) is 0 Å². The Morgan fingerprint density at radius 2 is 1.17 bits per heavy atom. The largest absolute Gasteiger partial charge is 0.396 e. The van der Waals surface area contributed by atoms with Crippen molar-refractivity contribution in [1.82, 2.24) is 0 Å². The Morgan fingerprint density at radius 3 is 1.28 bits per heavy atom. The van der Waals surface area contributed by atoms with Crippen molar-refractivity contribution in [2.45, 2.75) is 40.7 Å². The number of hydrogen-bond acceptors (Lipinski definition) is 5. The fourth-order valence-corrected chi connectivity index (χ4v) is 0.552. The molecule has 0 heterocycles. The normalized spacial score (nSPS) is 11.0. The molecule has 0 aliphatic rings. The van der Waals surface area contributed by atoms with E-state index in [1.165, 1.54) is 0 Å². The fraction of sp³-hybridized carbons (Fsp3) is 1.00. The van der Waals surface area contributed by atoms with E-state index in [9.17, 15) is 0 Å². The standard InChI is InChI=1S/C5H12O2.C4H10O3.2CH4.2Y/c1-5(4-7)2-3-6;5-2-1-4(7)3-6;;;;/h5-7H,2-4H2,1H3;4-7H,1-3H2;2*1H4;;. The quantitative estimate of drug-likeness (QED) is 0.416. The Labute approximate surface area is 162 Å². The molecule has 0 bridgehead atoms. The minimum absolute atomic E-state index is 0. The van der Waals surface area contributed by atoms with Crippen molar-refractivity contribution in [3.8, 4) is 0 Å². The molecule has 2 atom stereocenters. The molecule has 0 aromatic rings. The topological polar surface area (TPSA) is 101 Å². The molecule has 7 heteroatoms. The van der Waals surface area contributed by atoms with Gasteiger partial charge in [-0.05, 0) is 18.8 Å². The molecule has 0 rings (SSSR count). The van der Waals surface area contributed by atoms with Crippen molar-refractivity contribution in [3.05, 3.63) is 0 Å². The van der Waals surface area contributed by atoms with Gasteiger partial charge in [-0.25, -0.2) is 0 Å². The summed E-state index contributed by atoms with van der Waals surface area (Å²) < 4.78 is 0. The van der Waals surface area contributed by atoms with Gasteiger partial charge < -0.3 is 25.5 Å². The van der Waals surface area contributed by atoms with E-state index < -0.39 is 6.10 Å². The smallest absolute Gasteiger partial charge is 0.0792 e. The summed E-state index contributed by atoms with van der Waals surface area (Å²) in [4.78, 5) is 0. The van der Waals surface area contributed by atoms with Gasteiger partial charge in [-0.2, -0.15) is 0 Å². The van der Waals surface area contributed by atoms with Crippen molar-refractivity contribution in [3.63, 3.8) is 0 Å². The van der Waals surface area contributed by atoms with Crippen LogP contribution in [-0.2, 0) is 65.4 Å². The molecule has 0 amide bonds. The average molecular weight is 420 g/mol. The second kappa shape index (κ2) is 31.4. The van der Waals surface area contributed by atoms with Gasteiger partial charge in [0.25, 0.3) is 0 Å². The van der Waals surface area contributed by atoms with Gasteiger partial charge in [-0.3, -0.25) is 0 Å². The maximum atomic E-state index is 8.45. The van der Waals surface area contributed by atoms with Crippen molar-refractivity contribution >= 4 is 0 Å². The summed E-state index contributed by atoms with van der Waals surface area (Å²) >= 11 is 0. The van der Waals surface area contributed by atoms with Crippen LogP contribution < -0.4 is 0 Å². The van der Waals surface area contributed by atoms with E-state index >= 15 is 0 Å². The Bertz CT molecular complexity index is 97.4. The van der Waals surface area contributed by atoms with Crippen molar-refractivity contribution < 1.29 is 91.0 Å². The summed E-state index contributed by atoms with van der Waals surface area (Å²) in [5, 5.41) is 41.3. The molecule has 0 aromatic heterocycles. The molecule has 0 aromatic carbocycles. The Kier molecular flexibility index (Phi) is 64.3.